The van der Waals surface area contributed by atoms with Crippen molar-refractivity contribution < 1.29 is 4.39 Å². The molecule has 0 bridgehead atoms. The number of halogens is 1. The molecule has 1 aliphatic carbocycles. The Kier molecular flexibility index (Phi) is 2.16. The van der Waals surface area contributed by atoms with Crippen molar-refractivity contribution in [2.45, 2.75) is 25.4 Å². The van der Waals surface area contributed by atoms with Crippen LogP contribution in [0.25, 0.3) is 0 Å². The van der Waals surface area contributed by atoms with E-state index in [1.54, 1.807) is 0 Å². The Labute approximate surface area is 81.8 Å². The standard InChI is InChI=1S/C10H14FNS/c1-7-4-5-13-9(7)10(11,6-12)8-2-3-8/h4-5,8H,2-3,6,12H2,1H3. The average Bonchev–Trinajstić information content (AvgIpc) is 2.89. The predicted molar refractivity (Wildman–Crippen MR) is 53.6 cm³/mol. The number of hydrogen-bond acceptors (Lipinski definition) is 2. The Morgan fingerprint density at radius 3 is 2.77 bits per heavy atom. The van der Waals surface area contributed by atoms with E-state index in [2.05, 4.69) is 0 Å². The zero-order valence-corrected chi connectivity index (χ0v) is 8.53. The first kappa shape index (κ1) is 9.16. The van der Waals surface area contributed by atoms with Gasteiger partial charge in [-0.25, -0.2) is 4.39 Å². The highest BCUT2D eigenvalue weighted by Crippen LogP contribution is 2.50. The number of thiophene rings is 1. The fourth-order valence-electron chi connectivity index (χ4n) is 1.78. The van der Waals surface area contributed by atoms with Crippen molar-refractivity contribution in [3.8, 4) is 0 Å². The van der Waals surface area contributed by atoms with E-state index in [4.69, 9.17) is 5.73 Å². The first-order chi connectivity index (χ1) is 6.18. The molecule has 2 N–H and O–H groups in total. The second-order valence-corrected chi connectivity index (χ2v) is 4.69. The maximum atomic E-state index is 14.4. The molecular weight excluding hydrogens is 185 g/mol. The lowest BCUT2D eigenvalue weighted by Crippen LogP contribution is -2.32. The summed E-state index contributed by atoms with van der Waals surface area (Å²) in [5.41, 5.74) is 5.35. The van der Waals surface area contributed by atoms with Gasteiger partial charge in [-0.2, -0.15) is 0 Å². The normalized spacial score (nSPS) is 21.5. The van der Waals surface area contributed by atoms with Crippen molar-refractivity contribution >= 4 is 11.3 Å². The Morgan fingerprint density at radius 2 is 2.38 bits per heavy atom. The Balaban J connectivity index is 2.35. The molecule has 13 heavy (non-hydrogen) atoms. The van der Waals surface area contributed by atoms with Crippen molar-refractivity contribution in [2.24, 2.45) is 11.7 Å². The fourth-order valence-corrected chi connectivity index (χ4v) is 2.89. The van der Waals surface area contributed by atoms with Crippen molar-refractivity contribution in [1.29, 1.82) is 0 Å². The molecule has 1 fully saturated rings. The lowest BCUT2D eigenvalue weighted by atomic mass is 9.96. The molecule has 1 atom stereocenters. The van der Waals surface area contributed by atoms with Gasteiger partial charge in [0, 0.05) is 11.4 Å². The molecule has 3 heteroatoms. The van der Waals surface area contributed by atoms with E-state index in [1.807, 2.05) is 18.4 Å². The summed E-state index contributed by atoms with van der Waals surface area (Å²) in [6.45, 7) is 2.08. The van der Waals surface area contributed by atoms with E-state index in [1.165, 1.54) is 11.3 Å². The first-order valence-corrected chi connectivity index (χ1v) is 5.50. The van der Waals surface area contributed by atoms with Crippen LogP contribution in [0.3, 0.4) is 0 Å². The second-order valence-electron chi connectivity index (χ2n) is 3.77. The van der Waals surface area contributed by atoms with Crippen LogP contribution in [0.2, 0.25) is 0 Å². The van der Waals surface area contributed by atoms with E-state index in [0.29, 0.717) is 0 Å². The molecule has 1 aromatic rings. The highest BCUT2D eigenvalue weighted by atomic mass is 32.1. The van der Waals surface area contributed by atoms with Crippen LogP contribution in [0.1, 0.15) is 23.3 Å². The summed E-state index contributed by atoms with van der Waals surface area (Å²) in [4.78, 5) is 0.845. The molecule has 1 nitrogen and oxygen atoms in total. The first-order valence-electron chi connectivity index (χ1n) is 4.62. The summed E-state index contributed by atoms with van der Waals surface area (Å²) in [6.07, 6.45) is 1.98. The molecule has 0 radical (unpaired) electrons. The van der Waals surface area contributed by atoms with E-state index < -0.39 is 5.67 Å². The number of aryl methyl sites for hydroxylation is 1. The van der Waals surface area contributed by atoms with Gasteiger partial charge in [-0.15, -0.1) is 11.3 Å². The molecular formula is C10H14FNS. The summed E-state index contributed by atoms with van der Waals surface area (Å²) < 4.78 is 14.4. The number of nitrogens with two attached hydrogens (primary N) is 1. The lowest BCUT2D eigenvalue weighted by Gasteiger charge is -2.22. The van der Waals surface area contributed by atoms with Gasteiger partial charge in [0.2, 0.25) is 0 Å². The summed E-state index contributed by atoms with van der Waals surface area (Å²) in [6, 6.07) is 1.96. The van der Waals surface area contributed by atoms with Gasteiger partial charge in [0.15, 0.2) is 5.67 Å². The van der Waals surface area contributed by atoms with Crippen molar-refractivity contribution in [1.82, 2.24) is 0 Å². The topological polar surface area (TPSA) is 26.0 Å². The molecule has 0 aromatic carbocycles. The van der Waals surface area contributed by atoms with Crippen LogP contribution in [0.15, 0.2) is 11.4 Å². The largest absolute Gasteiger partial charge is 0.327 e. The molecule has 1 heterocycles. The van der Waals surface area contributed by atoms with Crippen molar-refractivity contribution in [3.63, 3.8) is 0 Å². The highest BCUT2D eigenvalue weighted by Gasteiger charge is 2.47. The van der Waals surface area contributed by atoms with Gasteiger partial charge in [0.25, 0.3) is 0 Å². The molecule has 1 unspecified atom stereocenters. The van der Waals surface area contributed by atoms with Crippen molar-refractivity contribution in [2.75, 3.05) is 6.54 Å². The quantitative estimate of drug-likeness (QED) is 0.795. The maximum absolute atomic E-state index is 14.4. The fraction of sp³-hybridized carbons (Fsp3) is 0.600. The van der Waals surface area contributed by atoms with Gasteiger partial charge in [0.05, 0.1) is 0 Å². The molecule has 0 amide bonds. The van der Waals surface area contributed by atoms with Crippen LogP contribution >= 0.6 is 11.3 Å². The van der Waals surface area contributed by atoms with Crippen LogP contribution in [0.4, 0.5) is 4.39 Å². The zero-order chi connectivity index (χ0) is 9.47. The minimum absolute atomic E-state index is 0.124. The predicted octanol–water partition coefficient (Wildman–Crippen LogP) is 2.59. The molecule has 1 saturated carbocycles. The number of hydrogen-bond donors (Lipinski definition) is 1. The van der Waals surface area contributed by atoms with Gasteiger partial charge >= 0.3 is 0 Å². The molecule has 1 aromatic heterocycles. The van der Waals surface area contributed by atoms with Gasteiger partial charge in [-0.05, 0) is 42.7 Å². The molecule has 2 rings (SSSR count). The smallest absolute Gasteiger partial charge is 0.160 e. The third-order valence-electron chi connectivity index (χ3n) is 2.76. The highest BCUT2D eigenvalue weighted by molar-refractivity contribution is 7.10. The summed E-state index contributed by atoms with van der Waals surface area (Å²) >= 11 is 1.49. The summed E-state index contributed by atoms with van der Waals surface area (Å²) in [5.74, 6) is 0.176. The molecule has 0 aliphatic heterocycles. The molecule has 0 spiro atoms. The third kappa shape index (κ3) is 1.40. The molecule has 1 aliphatic rings. The lowest BCUT2D eigenvalue weighted by molar-refractivity contribution is 0.147. The summed E-state index contributed by atoms with van der Waals surface area (Å²) in [7, 11) is 0. The maximum Gasteiger partial charge on any atom is 0.160 e. The number of rotatable bonds is 3. The SMILES string of the molecule is Cc1ccsc1C(F)(CN)C1CC1. The van der Waals surface area contributed by atoms with E-state index >= 15 is 0 Å². The summed E-state index contributed by atoms with van der Waals surface area (Å²) in [5, 5.41) is 1.94. The van der Waals surface area contributed by atoms with E-state index in [0.717, 1.165) is 23.3 Å². The van der Waals surface area contributed by atoms with Crippen LogP contribution in [-0.4, -0.2) is 6.54 Å². The molecule has 72 valence electrons. The van der Waals surface area contributed by atoms with Crippen LogP contribution in [0.5, 0.6) is 0 Å². The monoisotopic (exact) mass is 199 g/mol. The van der Waals surface area contributed by atoms with Crippen LogP contribution in [-0.2, 0) is 5.67 Å². The minimum atomic E-state index is -1.24. The number of alkyl halides is 1. The zero-order valence-electron chi connectivity index (χ0n) is 7.72. The Bertz CT molecular complexity index is 306. The van der Waals surface area contributed by atoms with Gasteiger partial charge in [0.1, 0.15) is 0 Å². The van der Waals surface area contributed by atoms with E-state index in [9.17, 15) is 4.39 Å². The van der Waals surface area contributed by atoms with E-state index in [-0.39, 0.29) is 12.5 Å². The third-order valence-corrected chi connectivity index (χ3v) is 3.93. The Morgan fingerprint density at radius 1 is 1.69 bits per heavy atom. The van der Waals surface area contributed by atoms with Crippen LogP contribution < -0.4 is 5.73 Å². The van der Waals surface area contributed by atoms with Gasteiger partial charge in [-0.3, -0.25) is 0 Å². The average molecular weight is 199 g/mol. The van der Waals surface area contributed by atoms with Gasteiger partial charge in [-0.1, -0.05) is 0 Å². The second kappa shape index (κ2) is 3.07. The van der Waals surface area contributed by atoms with Crippen molar-refractivity contribution in [3.05, 3.63) is 21.9 Å². The van der Waals surface area contributed by atoms with Gasteiger partial charge < -0.3 is 5.73 Å². The molecule has 0 saturated heterocycles. The Hall–Kier alpha value is -0.410. The minimum Gasteiger partial charge on any atom is -0.327 e. The van der Waals surface area contributed by atoms with Crippen LogP contribution in [0, 0.1) is 12.8 Å².